The number of hydrogen-bond acceptors (Lipinski definition) is 5. The summed E-state index contributed by atoms with van der Waals surface area (Å²) in [5, 5.41) is 0. The fraction of sp³-hybridized carbons (Fsp3) is 0.250. The number of rotatable bonds is 10. The quantitative estimate of drug-likeness (QED) is 0.425. The molecule has 0 aliphatic carbocycles. The molecule has 0 atom stereocenters. The normalized spacial score (nSPS) is 10.6. The Hall–Kier alpha value is -2.61. The van der Waals surface area contributed by atoms with Crippen molar-refractivity contribution in [2.45, 2.75) is 26.8 Å². The number of pyridine rings is 1. The fourth-order valence-corrected chi connectivity index (χ4v) is 3.03. The number of allylic oxidation sites excluding steroid dienone is 1. The van der Waals surface area contributed by atoms with Gasteiger partial charge in [0.05, 0.1) is 29.3 Å². The van der Waals surface area contributed by atoms with Crippen LogP contribution in [0.25, 0.3) is 5.70 Å². The molecule has 0 radical (unpaired) electrons. The lowest BCUT2D eigenvalue weighted by atomic mass is 10.2. The van der Waals surface area contributed by atoms with Crippen molar-refractivity contribution in [2.75, 3.05) is 10.1 Å². The van der Waals surface area contributed by atoms with Crippen molar-refractivity contribution in [3.63, 3.8) is 0 Å². The van der Waals surface area contributed by atoms with Crippen LogP contribution in [0.3, 0.4) is 0 Å². The summed E-state index contributed by atoms with van der Waals surface area (Å²) < 4.78 is 40.8. The van der Waals surface area contributed by atoms with Crippen molar-refractivity contribution in [3.05, 3.63) is 78.0 Å². The second-order valence-electron chi connectivity index (χ2n) is 5.98. The number of alkyl halides is 2. The van der Waals surface area contributed by atoms with Gasteiger partial charge in [-0.05, 0) is 48.7 Å². The number of hydrazine groups is 1. The molecule has 28 heavy (non-hydrogen) atoms. The molecule has 4 nitrogen and oxygen atoms in total. The molecule has 2 N–H and O–H groups in total. The molecule has 1 aromatic carbocycles. The molecule has 2 rings (SSSR count). The minimum Gasteiger partial charge on any atom is -0.310 e. The minimum absolute atomic E-state index is 0.247. The lowest BCUT2D eigenvalue weighted by Crippen LogP contribution is -2.31. The molecule has 0 amide bonds. The molecule has 0 saturated carbocycles. The van der Waals surface area contributed by atoms with Gasteiger partial charge in [0.15, 0.2) is 0 Å². The molecule has 150 valence electrons. The smallest absolute Gasteiger partial charge is 0.279 e. The molecule has 1 aromatic heterocycles. The van der Waals surface area contributed by atoms with E-state index in [0.29, 0.717) is 23.4 Å². The Morgan fingerprint density at radius 2 is 1.96 bits per heavy atom. The number of halogens is 3. The number of aromatic nitrogens is 1. The van der Waals surface area contributed by atoms with Crippen LogP contribution in [-0.4, -0.2) is 17.2 Å². The standard InChI is InChI=1S/C20H23F3N4S/c1-5-28-27(18-9-6-13(2)19(21)10-18)12-17-8-7-16(11-24-17)14(3)25-26-15(4)20(22)23/h6-11,20,25-26H,3-5,12H2,1-2H3. The number of benzene rings is 1. The van der Waals surface area contributed by atoms with Crippen LogP contribution in [-0.2, 0) is 6.54 Å². The number of aryl methyl sites for hydroxylation is 1. The summed E-state index contributed by atoms with van der Waals surface area (Å²) in [6.45, 7) is 11.2. The largest absolute Gasteiger partial charge is 0.310 e. The predicted molar refractivity (Wildman–Crippen MR) is 110 cm³/mol. The second-order valence-corrected chi connectivity index (χ2v) is 7.26. The van der Waals surface area contributed by atoms with Gasteiger partial charge in [0.2, 0.25) is 0 Å². The summed E-state index contributed by atoms with van der Waals surface area (Å²) in [6, 6.07) is 8.75. The fourth-order valence-electron chi connectivity index (χ4n) is 2.23. The van der Waals surface area contributed by atoms with Crippen molar-refractivity contribution in [2.24, 2.45) is 0 Å². The first-order valence-electron chi connectivity index (χ1n) is 8.61. The SMILES string of the molecule is C=C(NNC(=C)C(F)F)c1ccc(CN(SCC)c2ccc(C)c(F)c2)nc1. The van der Waals surface area contributed by atoms with Crippen LogP contribution in [0.4, 0.5) is 18.9 Å². The van der Waals surface area contributed by atoms with Crippen LogP contribution < -0.4 is 15.2 Å². The number of hydrogen-bond donors (Lipinski definition) is 2. The summed E-state index contributed by atoms with van der Waals surface area (Å²) in [6.07, 6.45) is -1.07. The van der Waals surface area contributed by atoms with Gasteiger partial charge in [-0.2, -0.15) is 0 Å². The van der Waals surface area contributed by atoms with Crippen LogP contribution in [0.5, 0.6) is 0 Å². The summed E-state index contributed by atoms with van der Waals surface area (Å²) in [5.74, 6) is 0.580. The molecule has 0 aliphatic heterocycles. The van der Waals surface area contributed by atoms with E-state index in [0.717, 1.165) is 17.1 Å². The topological polar surface area (TPSA) is 40.2 Å². The van der Waals surface area contributed by atoms with Crippen LogP contribution >= 0.6 is 11.9 Å². The van der Waals surface area contributed by atoms with E-state index in [-0.39, 0.29) is 5.82 Å². The summed E-state index contributed by atoms with van der Waals surface area (Å²) in [4.78, 5) is 4.40. The number of nitrogens with one attached hydrogen (secondary N) is 2. The maximum Gasteiger partial charge on any atom is 0.279 e. The Bertz CT molecular complexity index is 825. The summed E-state index contributed by atoms with van der Waals surface area (Å²) in [7, 11) is 0. The van der Waals surface area contributed by atoms with Gasteiger partial charge in [-0.15, -0.1) is 0 Å². The highest BCUT2D eigenvalue weighted by Crippen LogP contribution is 2.26. The zero-order chi connectivity index (χ0) is 20.7. The molecule has 8 heteroatoms. The molecule has 0 aliphatic rings. The molecule has 0 fully saturated rings. The Kier molecular flexibility index (Phi) is 7.80. The number of anilines is 1. The second kappa shape index (κ2) is 10.1. The van der Waals surface area contributed by atoms with Crippen molar-refractivity contribution in [1.82, 2.24) is 15.8 Å². The zero-order valence-electron chi connectivity index (χ0n) is 15.8. The molecule has 0 bridgehead atoms. The van der Waals surface area contributed by atoms with Crippen molar-refractivity contribution in [1.29, 1.82) is 0 Å². The molecule has 0 spiro atoms. The van der Waals surface area contributed by atoms with E-state index in [1.807, 2.05) is 23.4 Å². The highest BCUT2D eigenvalue weighted by atomic mass is 32.2. The van der Waals surface area contributed by atoms with Gasteiger partial charge < -0.3 is 9.73 Å². The molecule has 0 unspecified atom stereocenters. The lowest BCUT2D eigenvalue weighted by Gasteiger charge is -2.23. The van der Waals surface area contributed by atoms with Gasteiger partial charge in [-0.3, -0.25) is 10.4 Å². The van der Waals surface area contributed by atoms with Crippen molar-refractivity contribution in [3.8, 4) is 0 Å². The third kappa shape index (κ3) is 5.95. The first kappa shape index (κ1) is 21.7. The highest BCUT2D eigenvalue weighted by molar-refractivity contribution is 8.00. The van der Waals surface area contributed by atoms with E-state index in [2.05, 4.69) is 29.0 Å². The summed E-state index contributed by atoms with van der Waals surface area (Å²) >= 11 is 1.57. The van der Waals surface area contributed by atoms with Crippen molar-refractivity contribution >= 4 is 23.3 Å². The maximum absolute atomic E-state index is 13.9. The Morgan fingerprint density at radius 1 is 1.21 bits per heavy atom. The van der Waals surface area contributed by atoms with E-state index in [1.54, 1.807) is 37.2 Å². The van der Waals surface area contributed by atoms with Gasteiger partial charge in [-0.1, -0.05) is 26.1 Å². The van der Waals surface area contributed by atoms with Crippen LogP contribution in [0.2, 0.25) is 0 Å². The minimum atomic E-state index is -2.67. The Labute approximate surface area is 167 Å². The van der Waals surface area contributed by atoms with E-state index in [9.17, 15) is 13.2 Å². The van der Waals surface area contributed by atoms with E-state index < -0.39 is 12.1 Å². The van der Waals surface area contributed by atoms with Crippen molar-refractivity contribution < 1.29 is 13.2 Å². The van der Waals surface area contributed by atoms with Gasteiger partial charge >= 0.3 is 0 Å². The average Bonchev–Trinajstić information content (AvgIpc) is 2.68. The van der Waals surface area contributed by atoms with Gasteiger partial charge in [0, 0.05) is 17.5 Å². The Morgan fingerprint density at radius 3 is 2.54 bits per heavy atom. The van der Waals surface area contributed by atoms with E-state index in [1.165, 1.54) is 6.07 Å². The summed E-state index contributed by atoms with van der Waals surface area (Å²) in [5.41, 5.74) is 7.63. The molecule has 0 saturated heterocycles. The van der Waals surface area contributed by atoms with Crippen LogP contribution in [0.15, 0.2) is 55.4 Å². The molecular weight excluding hydrogens is 385 g/mol. The van der Waals surface area contributed by atoms with Crippen LogP contribution in [0.1, 0.15) is 23.7 Å². The van der Waals surface area contributed by atoms with Crippen LogP contribution in [0, 0.1) is 12.7 Å². The lowest BCUT2D eigenvalue weighted by molar-refractivity contribution is 0.179. The first-order valence-corrected chi connectivity index (χ1v) is 9.55. The van der Waals surface area contributed by atoms with E-state index in [4.69, 9.17) is 0 Å². The van der Waals surface area contributed by atoms with Gasteiger partial charge in [0.1, 0.15) is 5.82 Å². The molecule has 1 heterocycles. The molecule has 2 aromatic rings. The maximum atomic E-state index is 13.9. The third-order valence-electron chi connectivity index (χ3n) is 3.84. The average molecular weight is 408 g/mol. The number of nitrogens with zero attached hydrogens (tertiary/aromatic N) is 2. The van der Waals surface area contributed by atoms with Gasteiger partial charge in [-0.25, -0.2) is 13.2 Å². The van der Waals surface area contributed by atoms with Gasteiger partial charge in [0.25, 0.3) is 6.43 Å². The monoisotopic (exact) mass is 408 g/mol. The third-order valence-corrected chi connectivity index (χ3v) is 4.75. The molecular formula is C20H23F3N4S. The highest BCUT2D eigenvalue weighted by Gasteiger charge is 2.12. The zero-order valence-corrected chi connectivity index (χ0v) is 16.6. The first-order chi connectivity index (χ1) is 13.3. The predicted octanol–water partition coefficient (Wildman–Crippen LogP) is 5.05. The Balaban J connectivity index is 2.05. The van der Waals surface area contributed by atoms with E-state index >= 15 is 0 Å².